The van der Waals surface area contributed by atoms with E-state index in [0.717, 1.165) is 10.8 Å². The Balaban J connectivity index is 1.70. The predicted octanol–water partition coefficient (Wildman–Crippen LogP) is 3.54. The molecule has 0 atom stereocenters. The summed E-state index contributed by atoms with van der Waals surface area (Å²) in [4.78, 5) is 26.8. The monoisotopic (exact) mass is 369 g/mol. The number of aromatic nitrogens is 3. The van der Waals surface area contributed by atoms with Crippen LogP contribution in [0.4, 0.5) is 11.4 Å². The number of benzene rings is 1. The highest BCUT2D eigenvalue weighted by Crippen LogP contribution is 2.18. The third kappa shape index (κ3) is 4.06. The van der Waals surface area contributed by atoms with Gasteiger partial charge in [-0.2, -0.15) is 5.10 Å². The number of thioether (sulfide) groups is 1. The Hall–Kier alpha value is -3.20. The highest BCUT2D eigenvalue weighted by Gasteiger charge is 2.12. The Kier molecular flexibility index (Phi) is 5.28. The fourth-order valence-corrected chi connectivity index (χ4v) is 2.79. The number of nitro groups is 1. The van der Waals surface area contributed by atoms with Crippen molar-refractivity contribution in [3.8, 4) is 5.69 Å². The van der Waals surface area contributed by atoms with Gasteiger partial charge >= 0.3 is 0 Å². The molecule has 0 spiro atoms. The minimum atomic E-state index is -0.468. The molecule has 2 heterocycles. The molecule has 0 saturated heterocycles. The van der Waals surface area contributed by atoms with E-state index in [1.807, 2.05) is 13.0 Å². The zero-order valence-corrected chi connectivity index (χ0v) is 14.6. The Morgan fingerprint density at radius 3 is 2.62 bits per heavy atom. The maximum Gasteiger partial charge on any atom is 0.276 e. The lowest BCUT2D eigenvalue weighted by molar-refractivity contribution is -0.384. The molecular weight excluding hydrogens is 354 g/mol. The van der Waals surface area contributed by atoms with Crippen LogP contribution in [0.2, 0.25) is 0 Å². The molecule has 132 valence electrons. The number of rotatable bonds is 6. The highest BCUT2D eigenvalue weighted by molar-refractivity contribution is 7.99. The van der Waals surface area contributed by atoms with E-state index >= 15 is 0 Å². The SMILES string of the molecule is CCSc1ccc(NC(=O)c2ccn(-c3ccc([N+](=O)[O-])cc3)n2)cn1. The van der Waals surface area contributed by atoms with Crippen molar-refractivity contribution >= 4 is 29.0 Å². The number of pyridine rings is 1. The van der Waals surface area contributed by atoms with Crippen LogP contribution in [0.1, 0.15) is 17.4 Å². The highest BCUT2D eigenvalue weighted by atomic mass is 32.2. The molecular formula is C17H15N5O3S. The van der Waals surface area contributed by atoms with Gasteiger partial charge in [0, 0.05) is 18.3 Å². The molecule has 3 rings (SSSR count). The number of anilines is 1. The molecule has 1 amide bonds. The summed E-state index contributed by atoms with van der Waals surface area (Å²) in [6.45, 7) is 2.04. The van der Waals surface area contributed by atoms with E-state index in [1.54, 1.807) is 48.4 Å². The largest absolute Gasteiger partial charge is 0.319 e. The summed E-state index contributed by atoms with van der Waals surface area (Å²) in [5.74, 6) is 0.571. The molecule has 1 N–H and O–H groups in total. The van der Waals surface area contributed by atoms with Gasteiger partial charge in [0.2, 0.25) is 0 Å². The first-order chi connectivity index (χ1) is 12.6. The molecule has 0 unspecified atom stereocenters. The zero-order chi connectivity index (χ0) is 18.5. The molecule has 0 saturated carbocycles. The van der Waals surface area contributed by atoms with Crippen LogP contribution in [0.25, 0.3) is 5.69 Å². The third-order valence-corrected chi connectivity index (χ3v) is 4.26. The summed E-state index contributed by atoms with van der Waals surface area (Å²) in [6.07, 6.45) is 3.22. The Labute approximate surface area is 153 Å². The van der Waals surface area contributed by atoms with E-state index in [1.165, 1.54) is 16.8 Å². The van der Waals surface area contributed by atoms with E-state index < -0.39 is 4.92 Å². The van der Waals surface area contributed by atoms with E-state index in [4.69, 9.17) is 0 Å². The van der Waals surface area contributed by atoms with Crippen LogP contribution < -0.4 is 5.32 Å². The third-order valence-electron chi connectivity index (χ3n) is 3.43. The summed E-state index contributed by atoms with van der Waals surface area (Å²) in [7, 11) is 0. The quantitative estimate of drug-likeness (QED) is 0.405. The second kappa shape index (κ2) is 7.79. The zero-order valence-electron chi connectivity index (χ0n) is 13.8. The molecule has 0 bridgehead atoms. The van der Waals surface area contributed by atoms with Gasteiger partial charge in [-0.05, 0) is 36.1 Å². The number of carbonyl (C=O) groups is 1. The minimum Gasteiger partial charge on any atom is -0.319 e. The average Bonchev–Trinajstić information content (AvgIpc) is 3.14. The average molecular weight is 369 g/mol. The second-order valence-electron chi connectivity index (χ2n) is 5.19. The van der Waals surface area contributed by atoms with Gasteiger partial charge in [0.25, 0.3) is 11.6 Å². The Morgan fingerprint density at radius 2 is 2.00 bits per heavy atom. The topological polar surface area (TPSA) is 103 Å². The van der Waals surface area contributed by atoms with Gasteiger partial charge in [-0.25, -0.2) is 9.67 Å². The van der Waals surface area contributed by atoms with Crippen LogP contribution in [0.15, 0.2) is 59.9 Å². The van der Waals surface area contributed by atoms with E-state index in [-0.39, 0.29) is 17.3 Å². The van der Waals surface area contributed by atoms with Crippen LogP contribution in [0, 0.1) is 10.1 Å². The summed E-state index contributed by atoms with van der Waals surface area (Å²) in [5.41, 5.74) is 1.43. The maximum atomic E-state index is 12.3. The number of nitrogens with zero attached hydrogens (tertiary/aromatic N) is 4. The lowest BCUT2D eigenvalue weighted by atomic mass is 10.3. The van der Waals surface area contributed by atoms with Crippen LogP contribution >= 0.6 is 11.8 Å². The van der Waals surface area contributed by atoms with Crippen molar-refractivity contribution in [1.82, 2.24) is 14.8 Å². The number of hydrogen-bond donors (Lipinski definition) is 1. The van der Waals surface area contributed by atoms with Gasteiger partial charge in [-0.15, -0.1) is 11.8 Å². The molecule has 0 fully saturated rings. The fourth-order valence-electron chi connectivity index (χ4n) is 2.20. The molecule has 9 heteroatoms. The molecule has 0 aliphatic heterocycles. The molecule has 0 aliphatic carbocycles. The van der Waals surface area contributed by atoms with Crippen molar-refractivity contribution in [2.45, 2.75) is 11.9 Å². The van der Waals surface area contributed by atoms with Crippen molar-refractivity contribution in [2.75, 3.05) is 11.1 Å². The number of hydrogen-bond acceptors (Lipinski definition) is 6. The lowest BCUT2D eigenvalue weighted by Gasteiger charge is -2.04. The van der Waals surface area contributed by atoms with Gasteiger partial charge in [-0.3, -0.25) is 14.9 Å². The fraction of sp³-hybridized carbons (Fsp3) is 0.118. The number of nitrogens with one attached hydrogen (secondary N) is 1. The normalized spacial score (nSPS) is 10.5. The summed E-state index contributed by atoms with van der Waals surface area (Å²) >= 11 is 1.62. The van der Waals surface area contributed by atoms with Crippen LogP contribution in [-0.2, 0) is 0 Å². The van der Waals surface area contributed by atoms with Crippen molar-refractivity contribution in [3.05, 3.63) is 70.7 Å². The molecule has 3 aromatic rings. The number of non-ortho nitro benzene ring substituents is 1. The van der Waals surface area contributed by atoms with Gasteiger partial charge in [0.05, 0.1) is 27.5 Å². The van der Waals surface area contributed by atoms with Crippen molar-refractivity contribution in [3.63, 3.8) is 0 Å². The van der Waals surface area contributed by atoms with E-state index in [9.17, 15) is 14.9 Å². The smallest absolute Gasteiger partial charge is 0.276 e. The predicted molar refractivity (Wildman–Crippen MR) is 98.8 cm³/mol. The maximum absolute atomic E-state index is 12.3. The molecule has 1 aromatic carbocycles. The molecule has 0 aliphatic rings. The Bertz CT molecular complexity index is 922. The number of carbonyl (C=O) groups excluding carboxylic acids is 1. The van der Waals surface area contributed by atoms with Gasteiger partial charge in [0.15, 0.2) is 5.69 Å². The van der Waals surface area contributed by atoms with E-state index in [2.05, 4.69) is 15.4 Å². The number of nitro benzene ring substituents is 1. The summed E-state index contributed by atoms with van der Waals surface area (Å²) in [6, 6.07) is 11.1. The standard InChI is InChI=1S/C17H15N5O3S/c1-2-26-16-8-3-12(11-18-16)19-17(23)15-9-10-21(20-15)13-4-6-14(7-5-13)22(24)25/h3-11H,2H2,1H3,(H,19,23). The summed E-state index contributed by atoms with van der Waals surface area (Å²) < 4.78 is 1.48. The molecule has 2 aromatic heterocycles. The second-order valence-corrected chi connectivity index (χ2v) is 6.48. The van der Waals surface area contributed by atoms with Gasteiger partial charge in [-0.1, -0.05) is 6.92 Å². The molecule has 8 nitrogen and oxygen atoms in total. The van der Waals surface area contributed by atoms with Crippen LogP contribution in [0.3, 0.4) is 0 Å². The summed E-state index contributed by atoms with van der Waals surface area (Å²) in [5, 5.41) is 18.5. The van der Waals surface area contributed by atoms with Crippen molar-refractivity contribution in [1.29, 1.82) is 0 Å². The first-order valence-electron chi connectivity index (χ1n) is 7.77. The van der Waals surface area contributed by atoms with Crippen LogP contribution in [0.5, 0.6) is 0 Å². The van der Waals surface area contributed by atoms with Crippen molar-refractivity contribution < 1.29 is 9.72 Å². The van der Waals surface area contributed by atoms with Crippen LogP contribution in [-0.4, -0.2) is 31.3 Å². The molecule has 0 radical (unpaired) electrons. The molecule has 26 heavy (non-hydrogen) atoms. The lowest BCUT2D eigenvalue weighted by Crippen LogP contribution is -2.13. The first-order valence-corrected chi connectivity index (χ1v) is 8.76. The van der Waals surface area contributed by atoms with E-state index in [0.29, 0.717) is 11.4 Å². The van der Waals surface area contributed by atoms with Crippen molar-refractivity contribution in [2.24, 2.45) is 0 Å². The number of amides is 1. The minimum absolute atomic E-state index is 0.00365. The van der Waals surface area contributed by atoms with Gasteiger partial charge in [0.1, 0.15) is 0 Å². The van der Waals surface area contributed by atoms with Gasteiger partial charge < -0.3 is 5.32 Å². The Morgan fingerprint density at radius 1 is 1.23 bits per heavy atom. The first kappa shape index (κ1) is 17.6.